The van der Waals surface area contributed by atoms with E-state index in [2.05, 4.69) is 5.32 Å². The van der Waals surface area contributed by atoms with Crippen LogP contribution < -0.4 is 11.1 Å². The van der Waals surface area contributed by atoms with Crippen molar-refractivity contribution < 1.29 is 14.7 Å². The second kappa shape index (κ2) is 10.8. The Bertz CT molecular complexity index is 1170. The number of hydrogen-bond acceptors (Lipinski definition) is 4. The maximum Gasteiger partial charge on any atom is 0.305 e. The van der Waals surface area contributed by atoms with Gasteiger partial charge in [-0.1, -0.05) is 78.9 Å². The minimum absolute atomic E-state index is 0.188. The van der Waals surface area contributed by atoms with Crippen molar-refractivity contribution in [3.8, 4) is 0 Å². The number of benzene rings is 3. The molecule has 1 aliphatic rings. The van der Waals surface area contributed by atoms with Crippen molar-refractivity contribution in [1.82, 2.24) is 4.90 Å². The Hall–Kier alpha value is -3.90. The minimum Gasteiger partial charge on any atom is -0.481 e. The molecule has 0 bridgehead atoms. The number of carbonyl (C=O) groups is 2. The molecule has 0 radical (unpaired) electrons. The number of nitrogens with one attached hydrogen (secondary N) is 1. The van der Waals surface area contributed by atoms with Gasteiger partial charge in [-0.25, -0.2) is 0 Å². The summed E-state index contributed by atoms with van der Waals surface area (Å²) in [5, 5.41) is 12.6. The van der Waals surface area contributed by atoms with Crippen LogP contribution in [0.15, 0.2) is 72.8 Å². The van der Waals surface area contributed by atoms with Crippen LogP contribution in [0.25, 0.3) is 12.2 Å². The van der Waals surface area contributed by atoms with Gasteiger partial charge in [-0.15, -0.1) is 0 Å². The number of anilines is 1. The molecule has 1 aliphatic heterocycles. The number of hydrogen-bond donors (Lipinski definition) is 3. The van der Waals surface area contributed by atoms with E-state index in [1.54, 1.807) is 4.90 Å². The van der Waals surface area contributed by atoms with Gasteiger partial charge in [-0.3, -0.25) is 9.59 Å². The molecule has 0 aromatic heterocycles. The van der Waals surface area contributed by atoms with Gasteiger partial charge in [0.05, 0.1) is 6.42 Å². The molecule has 0 spiro atoms. The Labute approximate surface area is 199 Å². The smallest absolute Gasteiger partial charge is 0.305 e. The Morgan fingerprint density at radius 3 is 2.41 bits per heavy atom. The first-order valence-corrected chi connectivity index (χ1v) is 11.4. The summed E-state index contributed by atoms with van der Waals surface area (Å²) < 4.78 is 0. The topological polar surface area (TPSA) is 95.7 Å². The largest absolute Gasteiger partial charge is 0.481 e. The highest BCUT2D eigenvalue weighted by molar-refractivity contribution is 5.90. The summed E-state index contributed by atoms with van der Waals surface area (Å²) >= 11 is 0. The summed E-state index contributed by atoms with van der Waals surface area (Å²) in [6.07, 6.45) is 4.47. The number of carboxylic acids is 1. The second-order valence-electron chi connectivity index (χ2n) is 8.49. The predicted octanol–water partition coefficient (Wildman–Crippen LogP) is 4.16. The molecule has 0 saturated carbocycles. The molecule has 4 N–H and O–H groups in total. The number of carboxylic acid groups (broad SMARTS) is 1. The standard InChI is InChI=1S/C28H29N3O3/c29-18-23-10-7-21(8-11-23)6-9-22-12-13-24-19-31(15-14-20-4-2-1-3-5-20)28(34)26(17-27(32)33)30-25(24)16-22/h1-13,16,26,30H,14-15,17-19,29H2,(H,32,33)/b9-6+. The lowest BCUT2D eigenvalue weighted by atomic mass is 10.1. The quantitative estimate of drug-likeness (QED) is 0.444. The number of amides is 1. The van der Waals surface area contributed by atoms with Gasteiger partial charge in [-0.2, -0.15) is 0 Å². The van der Waals surface area contributed by atoms with Crippen LogP contribution in [0.3, 0.4) is 0 Å². The molecule has 0 saturated heterocycles. The summed E-state index contributed by atoms with van der Waals surface area (Å²) in [5.74, 6) is -1.19. The highest BCUT2D eigenvalue weighted by Crippen LogP contribution is 2.27. The Morgan fingerprint density at radius 1 is 1.00 bits per heavy atom. The molecular weight excluding hydrogens is 426 g/mol. The van der Waals surface area contributed by atoms with Crippen molar-refractivity contribution >= 4 is 29.7 Å². The molecule has 1 heterocycles. The van der Waals surface area contributed by atoms with Gasteiger partial charge in [0, 0.05) is 25.3 Å². The number of carbonyl (C=O) groups excluding carboxylic acids is 1. The average molecular weight is 456 g/mol. The first-order valence-electron chi connectivity index (χ1n) is 11.4. The zero-order valence-electron chi connectivity index (χ0n) is 19.0. The van der Waals surface area contributed by atoms with Gasteiger partial charge >= 0.3 is 5.97 Å². The lowest BCUT2D eigenvalue weighted by Gasteiger charge is -2.24. The van der Waals surface area contributed by atoms with Crippen LogP contribution in [-0.4, -0.2) is 34.5 Å². The third-order valence-corrected chi connectivity index (χ3v) is 6.01. The number of nitrogens with two attached hydrogens (primary N) is 1. The fourth-order valence-corrected chi connectivity index (χ4v) is 4.09. The third kappa shape index (κ3) is 5.91. The fourth-order valence-electron chi connectivity index (χ4n) is 4.09. The van der Waals surface area contributed by atoms with Crippen LogP contribution in [0.2, 0.25) is 0 Å². The van der Waals surface area contributed by atoms with Crippen molar-refractivity contribution in [2.24, 2.45) is 5.73 Å². The second-order valence-corrected chi connectivity index (χ2v) is 8.49. The lowest BCUT2D eigenvalue weighted by Crippen LogP contribution is -2.42. The number of aliphatic carboxylic acids is 1. The van der Waals surface area contributed by atoms with Crippen LogP contribution in [-0.2, 0) is 29.1 Å². The van der Waals surface area contributed by atoms with Crippen LogP contribution in [0.5, 0.6) is 0 Å². The number of rotatable bonds is 8. The molecule has 1 unspecified atom stereocenters. The average Bonchev–Trinajstić information content (AvgIpc) is 2.98. The van der Waals surface area contributed by atoms with Crippen molar-refractivity contribution in [1.29, 1.82) is 0 Å². The van der Waals surface area contributed by atoms with Crippen molar-refractivity contribution in [3.05, 3.63) is 101 Å². The normalized spacial score (nSPS) is 15.6. The molecule has 34 heavy (non-hydrogen) atoms. The van der Waals surface area contributed by atoms with Crippen LogP contribution in [0, 0.1) is 0 Å². The third-order valence-electron chi connectivity index (χ3n) is 6.01. The predicted molar refractivity (Wildman–Crippen MR) is 135 cm³/mol. The molecule has 1 amide bonds. The minimum atomic E-state index is -1.01. The molecule has 1 atom stereocenters. The zero-order valence-corrected chi connectivity index (χ0v) is 19.0. The Kier molecular flexibility index (Phi) is 7.40. The summed E-state index contributed by atoms with van der Waals surface area (Å²) in [6.45, 7) is 1.48. The lowest BCUT2D eigenvalue weighted by molar-refractivity contribution is -0.141. The van der Waals surface area contributed by atoms with Gasteiger partial charge in [-0.05, 0) is 40.3 Å². The Balaban J connectivity index is 1.55. The fraction of sp³-hybridized carbons (Fsp3) is 0.214. The maximum absolute atomic E-state index is 13.2. The van der Waals surface area contributed by atoms with E-state index in [0.717, 1.165) is 33.5 Å². The number of fused-ring (bicyclic) bond motifs is 1. The van der Waals surface area contributed by atoms with Crippen molar-refractivity contribution in [2.45, 2.75) is 32.0 Å². The van der Waals surface area contributed by atoms with Gasteiger partial charge in [0.15, 0.2) is 0 Å². The highest BCUT2D eigenvalue weighted by Gasteiger charge is 2.30. The van der Waals surface area contributed by atoms with E-state index in [1.807, 2.05) is 84.9 Å². The molecule has 4 rings (SSSR count). The first-order chi connectivity index (χ1) is 16.5. The van der Waals surface area contributed by atoms with Gasteiger partial charge < -0.3 is 21.1 Å². The molecule has 0 fully saturated rings. The molecule has 6 nitrogen and oxygen atoms in total. The van der Waals surface area contributed by atoms with E-state index in [0.29, 0.717) is 26.1 Å². The molecule has 3 aromatic carbocycles. The van der Waals surface area contributed by atoms with Crippen molar-refractivity contribution in [3.63, 3.8) is 0 Å². The van der Waals surface area contributed by atoms with Gasteiger partial charge in [0.25, 0.3) is 0 Å². The van der Waals surface area contributed by atoms with E-state index >= 15 is 0 Å². The van der Waals surface area contributed by atoms with Crippen molar-refractivity contribution in [2.75, 3.05) is 11.9 Å². The van der Waals surface area contributed by atoms with Crippen LogP contribution >= 0.6 is 0 Å². The summed E-state index contributed by atoms with van der Waals surface area (Å²) in [5.41, 5.74) is 11.7. The van der Waals surface area contributed by atoms with E-state index in [-0.39, 0.29) is 12.3 Å². The molecule has 174 valence electrons. The van der Waals surface area contributed by atoms with E-state index in [9.17, 15) is 14.7 Å². The zero-order chi connectivity index (χ0) is 23.9. The van der Waals surface area contributed by atoms with E-state index in [4.69, 9.17) is 5.73 Å². The Morgan fingerprint density at radius 2 is 1.71 bits per heavy atom. The maximum atomic E-state index is 13.2. The summed E-state index contributed by atoms with van der Waals surface area (Å²) in [6, 6.07) is 23.2. The number of nitrogens with zero attached hydrogens (tertiary/aromatic N) is 1. The summed E-state index contributed by atoms with van der Waals surface area (Å²) in [4.78, 5) is 26.4. The first kappa shape index (κ1) is 23.3. The summed E-state index contributed by atoms with van der Waals surface area (Å²) in [7, 11) is 0. The molecular formula is C28H29N3O3. The van der Waals surface area contributed by atoms with E-state index < -0.39 is 12.0 Å². The SMILES string of the molecule is NCc1ccc(/C=C/c2ccc3c(c2)NC(CC(=O)O)C(=O)N(CCc2ccccc2)C3)cc1. The van der Waals surface area contributed by atoms with Crippen LogP contribution in [0.4, 0.5) is 5.69 Å². The monoisotopic (exact) mass is 455 g/mol. The molecule has 3 aromatic rings. The van der Waals surface area contributed by atoms with Crippen LogP contribution in [0.1, 0.15) is 34.2 Å². The van der Waals surface area contributed by atoms with Gasteiger partial charge in [0.1, 0.15) is 6.04 Å². The molecule has 0 aliphatic carbocycles. The highest BCUT2D eigenvalue weighted by atomic mass is 16.4. The van der Waals surface area contributed by atoms with E-state index in [1.165, 1.54) is 0 Å². The van der Waals surface area contributed by atoms with Gasteiger partial charge in [0.2, 0.25) is 5.91 Å². The molecule has 6 heteroatoms.